The molecule has 0 saturated heterocycles. The van der Waals surface area contributed by atoms with Gasteiger partial charge in [0.2, 0.25) is 0 Å². The number of nitrogens with one attached hydrogen (secondary N) is 1. The maximum atomic E-state index is 9.05. The minimum Gasteiger partial charge on any atom is -0.394 e. The van der Waals surface area contributed by atoms with E-state index in [2.05, 4.69) is 15.3 Å². The first kappa shape index (κ1) is 9.92. The molecule has 1 aromatic rings. The molecule has 1 unspecified atom stereocenters. The summed E-state index contributed by atoms with van der Waals surface area (Å²) in [5, 5.41) is 12.2. The second-order valence-corrected chi connectivity index (χ2v) is 3.27. The smallest absolute Gasteiger partial charge is 0.144 e. The Hall–Kier alpha value is -1.16. The van der Waals surface area contributed by atoms with Gasteiger partial charge in [-0.15, -0.1) is 0 Å². The molecule has 0 aliphatic carbocycles. The van der Waals surface area contributed by atoms with Crippen LogP contribution >= 0.6 is 0 Å². The Bertz CT molecular complexity index is 238. The lowest BCUT2D eigenvalue weighted by molar-refractivity contribution is 0.249. The largest absolute Gasteiger partial charge is 0.394 e. The van der Waals surface area contributed by atoms with Gasteiger partial charge < -0.3 is 10.4 Å². The molecule has 1 atom stereocenters. The van der Waals surface area contributed by atoms with Gasteiger partial charge in [-0.3, -0.25) is 4.98 Å². The first-order valence-electron chi connectivity index (χ1n) is 4.37. The molecule has 0 amide bonds. The van der Waals surface area contributed by atoms with Crippen molar-refractivity contribution in [2.24, 2.45) is 5.92 Å². The Morgan fingerprint density at radius 1 is 1.46 bits per heavy atom. The van der Waals surface area contributed by atoms with E-state index in [1.165, 1.54) is 0 Å². The molecular weight excluding hydrogens is 166 g/mol. The second kappa shape index (κ2) is 4.77. The summed E-state index contributed by atoms with van der Waals surface area (Å²) in [6.45, 7) is 4.20. The van der Waals surface area contributed by atoms with Gasteiger partial charge in [0.15, 0.2) is 0 Å². The fraction of sp³-hybridized carbons (Fsp3) is 0.556. The number of nitrogens with zero attached hydrogens (tertiary/aromatic N) is 2. The molecule has 1 rings (SSSR count). The predicted molar refractivity (Wildman–Crippen MR) is 51.4 cm³/mol. The van der Waals surface area contributed by atoms with Crippen LogP contribution in [0.4, 0.5) is 5.82 Å². The SMILES string of the molecule is CC(C)C(CO)Nc1cnccn1. The van der Waals surface area contributed by atoms with Crippen LogP contribution in [-0.4, -0.2) is 27.7 Å². The third-order valence-electron chi connectivity index (χ3n) is 1.90. The predicted octanol–water partition coefficient (Wildman–Crippen LogP) is 0.905. The Morgan fingerprint density at radius 2 is 2.23 bits per heavy atom. The molecule has 0 bridgehead atoms. The summed E-state index contributed by atoms with van der Waals surface area (Å²) in [5.41, 5.74) is 0. The summed E-state index contributed by atoms with van der Waals surface area (Å²) < 4.78 is 0. The van der Waals surface area contributed by atoms with Gasteiger partial charge in [0.25, 0.3) is 0 Å². The molecule has 1 heterocycles. The van der Waals surface area contributed by atoms with Gasteiger partial charge in [-0.05, 0) is 5.92 Å². The molecule has 0 radical (unpaired) electrons. The van der Waals surface area contributed by atoms with Crippen molar-refractivity contribution in [3.05, 3.63) is 18.6 Å². The molecule has 2 N–H and O–H groups in total. The van der Waals surface area contributed by atoms with E-state index in [1.807, 2.05) is 13.8 Å². The quantitative estimate of drug-likeness (QED) is 0.724. The standard InChI is InChI=1S/C9H15N3O/c1-7(2)8(6-13)12-9-5-10-3-4-11-9/h3-5,7-8,13H,6H2,1-2H3,(H,11,12). The van der Waals surface area contributed by atoms with E-state index < -0.39 is 0 Å². The average Bonchev–Trinajstić information content (AvgIpc) is 2.15. The Labute approximate surface area is 78.0 Å². The highest BCUT2D eigenvalue weighted by molar-refractivity contribution is 5.31. The van der Waals surface area contributed by atoms with Crippen LogP contribution in [0.5, 0.6) is 0 Å². The van der Waals surface area contributed by atoms with E-state index in [1.54, 1.807) is 18.6 Å². The van der Waals surface area contributed by atoms with E-state index in [-0.39, 0.29) is 12.6 Å². The lowest BCUT2D eigenvalue weighted by Crippen LogP contribution is -2.29. The van der Waals surface area contributed by atoms with Gasteiger partial charge in [-0.25, -0.2) is 4.98 Å². The van der Waals surface area contributed by atoms with Crippen LogP contribution in [0.1, 0.15) is 13.8 Å². The third kappa shape index (κ3) is 2.99. The van der Waals surface area contributed by atoms with Crippen molar-refractivity contribution in [3.8, 4) is 0 Å². The zero-order chi connectivity index (χ0) is 9.68. The number of rotatable bonds is 4. The van der Waals surface area contributed by atoms with Crippen molar-refractivity contribution in [3.63, 3.8) is 0 Å². The Morgan fingerprint density at radius 3 is 2.69 bits per heavy atom. The summed E-state index contributed by atoms with van der Waals surface area (Å²) in [7, 11) is 0. The number of aliphatic hydroxyl groups is 1. The molecule has 0 aliphatic heterocycles. The molecule has 0 spiro atoms. The van der Waals surface area contributed by atoms with Gasteiger partial charge in [0.1, 0.15) is 5.82 Å². The molecule has 0 aromatic carbocycles. The second-order valence-electron chi connectivity index (χ2n) is 3.27. The van der Waals surface area contributed by atoms with E-state index in [0.29, 0.717) is 11.7 Å². The zero-order valence-electron chi connectivity index (χ0n) is 7.94. The van der Waals surface area contributed by atoms with Crippen LogP contribution in [-0.2, 0) is 0 Å². The number of anilines is 1. The van der Waals surface area contributed by atoms with Gasteiger partial charge in [0.05, 0.1) is 18.8 Å². The minimum absolute atomic E-state index is 0.0386. The number of aliphatic hydroxyl groups excluding tert-OH is 1. The highest BCUT2D eigenvalue weighted by Gasteiger charge is 2.11. The van der Waals surface area contributed by atoms with E-state index in [4.69, 9.17) is 5.11 Å². The normalized spacial score (nSPS) is 12.9. The minimum atomic E-state index is 0.0386. The summed E-state index contributed by atoms with van der Waals surface area (Å²) in [5.74, 6) is 1.07. The zero-order valence-corrected chi connectivity index (χ0v) is 7.94. The molecular formula is C9H15N3O. The lowest BCUT2D eigenvalue weighted by Gasteiger charge is -2.19. The first-order chi connectivity index (χ1) is 6.24. The fourth-order valence-electron chi connectivity index (χ4n) is 0.987. The van der Waals surface area contributed by atoms with Crippen molar-refractivity contribution >= 4 is 5.82 Å². The van der Waals surface area contributed by atoms with Crippen molar-refractivity contribution < 1.29 is 5.11 Å². The van der Waals surface area contributed by atoms with Crippen LogP contribution < -0.4 is 5.32 Å². The topological polar surface area (TPSA) is 58.0 Å². The van der Waals surface area contributed by atoms with Crippen LogP contribution in [0.3, 0.4) is 0 Å². The van der Waals surface area contributed by atoms with Gasteiger partial charge >= 0.3 is 0 Å². The molecule has 4 nitrogen and oxygen atoms in total. The molecule has 0 fully saturated rings. The van der Waals surface area contributed by atoms with Crippen molar-refractivity contribution in [2.75, 3.05) is 11.9 Å². The van der Waals surface area contributed by atoms with Crippen molar-refractivity contribution in [2.45, 2.75) is 19.9 Å². The molecule has 4 heteroatoms. The lowest BCUT2D eigenvalue weighted by atomic mass is 10.1. The van der Waals surface area contributed by atoms with Crippen LogP contribution in [0.2, 0.25) is 0 Å². The van der Waals surface area contributed by atoms with Gasteiger partial charge in [-0.2, -0.15) is 0 Å². The van der Waals surface area contributed by atoms with E-state index >= 15 is 0 Å². The first-order valence-corrected chi connectivity index (χ1v) is 4.37. The number of hydrogen-bond acceptors (Lipinski definition) is 4. The summed E-state index contributed by atoms with van der Waals surface area (Å²) in [6, 6.07) is 0.0386. The molecule has 1 aromatic heterocycles. The summed E-state index contributed by atoms with van der Waals surface area (Å²) in [4.78, 5) is 7.99. The van der Waals surface area contributed by atoms with Crippen LogP contribution in [0.25, 0.3) is 0 Å². The highest BCUT2D eigenvalue weighted by atomic mass is 16.3. The van der Waals surface area contributed by atoms with Gasteiger partial charge in [-0.1, -0.05) is 13.8 Å². The molecule has 0 saturated carbocycles. The third-order valence-corrected chi connectivity index (χ3v) is 1.90. The van der Waals surface area contributed by atoms with E-state index in [9.17, 15) is 0 Å². The average molecular weight is 181 g/mol. The summed E-state index contributed by atoms with van der Waals surface area (Å²) in [6.07, 6.45) is 4.89. The van der Waals surface area contributed by atoms with Crippen LogP contribution in [0, 0.1) is 5.92 Å². The maximum absolute atomic E-state index is 9.05. The molecule has 13 heavy (non-hydrogen) atoms. The Kier molecular flexibility index (Phi) is 3.64. The molecule has 0 aliphatic rings. The fourth-order valence-corrected chi connectivity index (χ4v) is 0.987. The van der Waals surface area contributed by atoms with Crippen molar-refractivity contribution in [1.29, 1.82) is 0 Å². The highest BCUT2D eigenvalue weighted by Crippen LogP contribution is 2.07. The van der Waals surface area contributed by atoms with Gasteiger partial charge in [0, 0.05) is 12.4 Å². The maximum Gasteiger partial charge on any atom is 0.144 e. The number of hydrogen-bond donors (Lipinski definition) is 2. The van der Waals surface area contributed by atoms with Crippen molar-refractivity contribution in [1.82, 2.24) is 9.97 Å². The monoisotopic (exact) mass is 181 g/mol. The van der Waals surface area contributed by atoms with Crippen LogP contribution in [0.15, 0.2) is 18.6 Å². The van der Waals surface area contributed by atoms with E-state index in [0.717, 1.165) is 0 Å². The molecule has 72 valence electrons. The Balaban J connectivity index is 2.57. The summed E-state index contributed by atoms with van der Waals surface area (Å²) >= 11 is 0. The number of aromatic nitrogens is 2.